The molecule has 15 nitrogen and oxygen atoms in total. The molecule has 2 fully saturated rings. The molecule has 0 aliphatic carbocycles. The molecule has 0 spiro atoms. The summed E-state index contributed by atoms with van der Waals surface area (Å²) in [6.45, 7) is 11.3. The zero-order chi connectivity index (χ0) is 49.9. The molecule has 2 unspecified atom stereocenters. The van der Waals surface area contributed by atoms with Gasteiger partial charge in [-0.2, -0.15) is 0 Å². The summed E-state index contributed by atoms with van der Waals surface area (Å²) in [5, 5.41) is 4.72. The number of anilines is 1. The van der Waals surface area contributed by atoms with E-state index in [1.54, 1.807) is 66.6 Å². The number of halogens is 1. The third kappa shape index (κ3) is 10.3. The van der Waals surface area contributed by atoms with Gasteiger partial charge in [0.2, 0.25) is 5.60 Å². The van der Waals surface area contributed by atoms with E-state index >= 15 is 0 Å². The number of likely N-dealkylation sites (tertiary alicyclic amines) is 2. The third-order valence-electron chi connectivity index (χ3n) is 14.4. The number of pyridine rings is 2. The number of aryl methyl sites for hydroxylation is 2. The van der Waals surface area contributed by atoms with E-state index in [1.807, 2.05) is 43.3 Å². The fourth-order valence-corrected chi connectivity index (χ4v) is 12.8. The van der Waals surface area contributed by atoms with Crippen molar-refractivity contribution in [3.63, 3.8) is 0 Å². The monoisotopic (exact) mass is 1010 g/mol. The second-order valence-electron chi connectivity index (χ2n) is 18.7. The van der Waals surface area contributed by atoms with Crippen LogP contribution in [0.15, 0.2) is 77.6 Å². The maximum atomic E-state index is 14.4. The van der Waals surface area contributed by atoms with Crippen LogP contribution in [0.25, 0.3) is 22.3 Å². The minimum Gasteiger partial charge on any atom is -0.457 e. The van der Waals surface area contributed by atoms with Crippen LogP contribution in [-0.2, 0) is 64.3 Å². The largest absolute Gasteiger partial charge is 0.457 e. The van der Waals surface area contributed by atoms with Gasteiger partial charge in [0.25, 0.3) is 5.56 Å². The first kappa shape index (κ1) is 50.4. The lowest BCUT2D eigenvalue weighted by Gasteiger charge is -2.39. The quantitative estimate of drug-likeness (QED) is 0.0678. The SMILES string of the molecule is CCOP(=O)(OCC)C(Nc1ccc(CCCC(=O)OC2(CC)C(=O)OCc3c2cc2n(c3=O)Cc3c-2nc2ccc(OC(=O)N4CCC(N5CCCCC5)CC4)cc2c3CC)cc1)c1ccc(Cl)cc1. The molecule has 0 saturated carbocycles. The Kier molecular flexibility index (Phi) is 15.4. The number of amides is 1. The van der Waals surface area contributed by atoms with Crippen LogP contribution in [0.5, 0.6) is 5.75 Å². The van der Waals surface area contributed by atoms with Crippen molar-refractivity contribution in [2.24, 2.45) is 0 Å². The topological polar surface area (TPSA) is 168 Å². The fourth-order valence-electron chi connectivity index (χ4n) is 10.8. The second kappa shape index (κ2) is 21.6. The number of nitrogens with one attached hydrogen (secondary N) is 1. The summed E-state index contributed by atoms with van der Waals surface area (Å²) < 4.78 is 44.8. The second-order valence-corrected chi connectivity index (χ2v) is 21.2. The van der Waals surface area contributed by atoms with Crippen LogP contribution in [0.3, 0.4) is 0 Å². The Morgan fingerprint density at radius 3 is 2.30 bits per heavy atom. The maximum absolute atomic E-state index is 14.4. The van der Waals surface area contributed by atoms with Crippen LogP contribution >= 0.6 is 19.2 Å². The molecule has 2 aromatic heterocycles. The molecular weight excluding hydrogens is 945 g/mol. The summed E-state index contributed by atoms with van der Waals surface area (Å²) in [7, 11) is -3.64. The van der Waals surface area contributed by atoms with Crippen LogP contribution in [-0.4, -0.2) is 82.8 Å². The highest BCUT2D eigenvalue weighted by Crippen LogP contribution is 2.61. The zero-order valence-corrected chi connectivity index (χ0v) is 42.7. The molecule has 376 valence electrons. The number of benzene rings is 3. The van der Waals surface area contributed by atoms with E-state index < -0.39 is 30.9 Å². The highest BCUT2D eigenvalue weighted by molar-refractivity contribution is 7.54. The van der Waals surface area contributed by atoms with Crippen molar-refractivity contribution in [1.29, 1.82) is 0 Å². The predicted octanol–water partition coefficient (Wildman–Crippen LogP) is 10.7. The van der Waals surface area contributed by atoms with E-state index in [9.17, 15) is 23.7 Å². The molecule has 1 amide bonds. The van der Waals surface area contributed by atoms with Crippen LogP contribution in [0.2, 0.25) is 5.02 Å². The summed E-state index contributed by atoms with van der Waals surface area (Å²) in [6, 6.07) is 22.3. The van der Waals surface area contributed by atoms with Gasteiger partial charge in [-0.05, 0) is 144 Å². The molecule has 9 rings (SSSR count). The van der Waals surface area contributed by atoms with Crippen LogP contribution in [0.1, 0.15) is 118 Å². The molecule has 2 atom stereocenters. The molecule has 2 saturated heterocycles. The van der Waals surface area contributed by atoms with E-state index in [1.165, 1.54) is 19.3 Å². The minimum absolute atomic E-state index is 0.00357. The van der Waals surface area contributed by atoms with Crippen molar-refractivity contribution in [2.45, 2.75) is 122 Å². The number of esters is 2. The van der Waals surface area contributed by atoms with Crippen molar-refractivity contribution < 1.29 is 42.2 Å². The van der Waals surface area contributed by atoms with Gasteiger partial charge in [-0.25, -0.2) is 14.6 Å². The smallest absolute Gasteiger partial charge is 0.415 e. The maximum Gasteiger partial charge on any atom is 0.415 e. The van der Waals surface area contributed by atoms with Gasteiger partial charge in [-0.1, -0.05) is 56.1 Å². The molecule has 6 heterocycles. The fraction of sp³-hybridized carbons (Fsp3) is 0.463. The number of carbonyl (C=O) groups excluding carboxylic acids is 3. The molecule has 0 bridgehead atoms. The van der Waals surface area contributed by atoms with Crippen LogP contribution in [0.4, 0.5) is 10.5 Å². The van der Waals surface area contributed by atoms with E-state index in [4.69, 9.17) is 39.8 Å². The Morgan fingerprint density at radius 2 is 1.62 bits per heavy atom. The van der Waals surface area contributed by atoms with Crippen LogP contribution < -0.4 is 15.6 Å². The lowest BCUT2D eigenvalue weighted by atomic mass is 9.85. The molecule has 1 N–H and O–H groups in total. The average molecular weight is 1010 g/mol. The highest BCUT2D eigenvalue weighted by atomic mass is 35.5. The Hall–Kier alpha value is -5.57. The summed E-state index contributed by atoms with van der Waals surface area (Å²) in [5.41, 5.74) is 4.41. The van der Waals surface area contributed by atoms with Gasteiger partial charge in [-0.15, -0.1) is 0 Å². The zero-order valence-electron chi connectivity index (χ0n) is 41.0. The molecular formula is C54H63ClN5O10P. The van der Waals surface area contributed by atoms with Gasteiger partial charge in [0.05, 0.1) is 42.2 Å². The highest BCUT2D eigenvalue weighted by Gasteiger charge is 2.50. The summed E-state index contributed by atoms with van der Waals surface area (Å²) >= 11 is 6.16. The number of rotatable bonds is 17. The van der Waals surface area contributed by atoms with Gasteiger partial charge in [0, 0.05) is 52.8 Å². The van der Waals surface area contributed by atoms with Crippen molar-refractivity contribution in [3.8, 4) is 17.1 Å². The van der Waals surface area contributed by atoms with Crippen molar-refractivity contribution in [2.75, 3.05) is 44.7 Å². The number of aromatic nitrogens is 2. The molecule has 4 aliphatic heterocycles. The number of cyclic esters (lactones) is 1. The van der Waals surface area contributed by atoms with Gasteiger partial charge in [-0.3, -0.25) is 14.2 Å². The lowest BCUT2D eigenvalue weighted by molar-refractivity contribution is -0.189. The van der Waals surface area contributed by atoms with E-state index in [-0.39, 0.29) is 56.4 Å². The molecule has 0 radical (unpaired) electrons. The Bertz CT molecular complexity index is 2890. The Balaban J connectivity index is 0.883. The van der Waals surface area contributed by atoms with Gasteiger partial charge < -0.3 is 42.9 Å². The van der Waals surface area contributed by atoms with Crippen LogP contribution in [0, 0.1) is 0 Å². The minimum atomic E-state index is -3.64. The van der Waals surface area contributed by atoms with Crippen molar-refractivity contribution >= 4 is 53.8 Å². The normalized spacial score (nSPS) is 18.6. The number of hydrogen-bond acceptors (Lipinski definition) is 13. The summed E-state index contributed by atoms with van der Waals surface area (Å²) in [6.07, 6.45) is 6.94. The standard InChI is InChI=1S/C54H63ClN5O10P/c1-5-41-42-31-40(69-53(64)59-29-25-39(26-30-59)58-27-10-9-11-28-58)23-24-46(42)57-49-43(41)33-60-47(49)32-45-44(51(60)62)34-66-52(63)54(45,6-2)70-48(61)14-12-13-35-15-21-38(22-16-35)56-50(36-17-19-37(55)20-18-36)71(65,67-7-3)68-8-4/h15-24,31-32,39,50,56H,5-14,25-30,33-34H2,1-4H3. The number of nitrogens with zero attached hydrogens (tertiary/aromatic N) is 4. The van der Waals surface area contributed by atoms with Crippen molar-refractivity contribution in [1.82, 2.24) is 19.4 Å². The third-order valence-corrected chi connectivity index (χ3v) is 17.0. The van der Waals surface area contributed by atoms with E-state index in [2.05, 4.69) is 10.2 Å². The van der Waals surface area contributed by atoms with Gasteiger partial charge in [0.1, 0.15) is 12.4 Å². The van der Waals surface area contributed by atoms with Gasteiger partial charge >= 0.3 is 25.6 Å². The molecule has 71 heavy (non-hydrogen) atoms. The predicted molar refractivity (Wildman–Crippen MR) is 272 cm³/mol. The average Bonchev–Trinajstić information content (AvgIpc) is 3.75. The molecule has 17 heteroatoms. The first-order valence-electron chi connectivity index (χ1n) is 25.2. The Morgan fingerprint density at radius 1 is 0.901 bits per heavy atom. The number of carbonyl (C=O) groups is 3. The molecule has 5 aromatic rings. The summed E-state index contributed by atoms with van der Waals surface area (Å²) in [5.74, 6) is -1.68. The van der Waals surface area contributed by atoms with E-state index in [0.717, 1.165) is 48.0 Å². The number of piperidine rings is 2. The summed E-state index contributed by atoms with van der Waals surface area (Å²) in [4.78, 5) is 64.8. The molecule has 3 aromatic carbocycles. The molecule has 4 aliphatic rings. The first-order valence-corrected chi connectivity index (χ1v) is 27.2. The number of hydrogen-bond donors (Lipinski definition) is 1. The van der Waals surface area contributed by atoms with Crippen molar-refractivity contribution in [3.05, 3.63) is 122 Å². The van der Waals surface area contributed by atoms with Gasteiger partial charge in [0.15, 0.2) is 5.78 Å². The first-order chi connectivity index (χ1) is 34.4. The number of ether oxygens (including phenoxy) is 3. The lowest BCUT2D eigenvalue weighted by Crippen LogP contribution is -2.48. The number of fused-ring (bicyclic) bond motifs is 5. The Labute approximate surface area is 419 Å². The van der Waals surface area contributed by atoms with E-state index in [0.29, 0.717) is 82.9 Å².